The number of fused-ring (bicyclic) bond motifs is 1. The first kappa shape index (κ1) is 28.6. The average Bonchev–Trinajstić information content (AvgIpc) is 3.67. The maximum atomic E-state index is 14.9. The lowest BCUT2D eigenvalue weighted by atomic mass is 9.77. The Kier molecular flexibility index (Phi) is 7.54. The third-order valence-corrected chi connectivity index (χ3v) is 7.88. The summed E-state index contributed by atoms with van der Waals surface area (Å²) in [6.45, 7) is 7.95. The number of benzene rings is 1. The van der Waals surface area contributed by atoms with Crippen LogP contribution in [0.4, 0.5) is 9.18 Å². The number of carbonyl (C=O) groups is 2. The predicted molar refractivity (Wildman–Crippen MR) is 149 cm³/mol. The molecule has 1 unspecified atom stereocenters. The van der Waals surface area contributed by atoms with E-state index < -0.39 is 41.4 Å². The molecule has 1 saturated heterocycles. The molecule has 5 rings (SSSR count). The number of aromatic amines is 1. The fourth-order valence-corrected chi connectivity index (χ4v) is 5.68. The van der Waals surface area contributed by atoms with E-state index in [0.717, 1.165) is 12.8 Å². The van der Waals surface area contributed by atoms with Crippen LogP contribution in [0.25, 0.3) is 22.3 Å². The van der Waals surface area contributed by atoms with Crippen molar-refractivity contribution in [2.75, 3.05) is 20.3 Å². The highest BCUT2D eigenvalue weighted by Gasteiger charge is 2.46. The van der Waals surface area contributed by atoms with Crippen LogP contribution in [0.2, 0.25) is 0 Å². The van der Waals surface area contributed by atoms with Crippen LogP contribution >= 0.6 is 0 Å². The van der Waals surface area contributed by atoms with Crippen LogP contribution in [0.5, 0.6) is 11.5 Å². The van der Waals surface area contributed by atoms with Gasteiger partial charge in [0.15, 0.2) is 11.6 Å². The number of aromatic nitrogens is 3. The first-order valence-electron chi connectivity index (χ1n) is 13.7. The van der Waals surface area contributed by atoms with Crippen LogP contribution in [0.3, 0.4) is 0 Å². The molecule has 3 heterocycles. The lowest BCUT2D eigenvalue weighted by Crippen LogP contribution is -2.64. The number of likely N-dealkylation sites (tertiary alicyclic amines) is 1. The molecule has 2 aromatic heterocycles. The number of aryl methyl sites for hydroxylation is 1. The van der Waals surface area contributed by atoms with Gasteiger partial charge >= 0.3 is 6.09 Å². The normalized spacial score (nSPS) is 21.1. The fraction of sp³-hybridized carbons (Fsp3) is 0.517. The summed E-state index contributed by atoms with van der Waals surface area (Å²) >= 11 is 0. The van der Waals surface area contributed by atoms with Gasteiger partial charge in [0.05, 0.1) is 43.0 Å². The van der Waals surface area contributed by atoms with E-state index in [1.165, 1.54) is 30.5 Å². The molecule has 41 heavy (non-hydrogen) atoms. The zero-order valence-electron chi connectivity index (χ0n) is 23.8. The summed E-state index contributed by atoms with van der Waals surface area (Å²) in [6, 6.07) is 1.42. The highest BCUT2D eigenvalue weighted by Crippen LogP contribution is 2.40. The van der Waals surface area contributed by atoms with Gasteiger partial charge in [-0.2, -0.15) is 0 Å². The van der Waals surface area contributed by atoms with Gasteiger partial charge in [-0.15, -0.1) is 0 Å². The molecule has 1 aliphatic carbocycles. The molecule has 2 amide bonds. The first-order chi connectivity index (χ1) is 19.4. The molecule has 2 fully saturated rings. The summed E-state index contributed by atoms with van der Waals surface area (Å²) in [5.41, 5.74) is 1.74. The molecule has 0 spiro atoms. The Morgan fingerprint density at radius 3 is 2.56 bits per heavy atom. The molecule has 0 radical (unpaired) electrons. The summed E-state index contributed by atoms with van der Waals surface area (Å²) in [7, 11) is 1.39. The van der Waals surface area contributed by atoms with Crippen LogP contribution < -0.4 is 14.8 Å². The Balaban J connectivity index is 1.48. The molecule has 11 nitrogen and oxygen atoms in total. The summed E-state index contributed by atoms with van der Waals surface area (Å²) < 4.78 is 26.1. The lowest BCUT2D eigenvalue weighted by Gasteiger charge is -2.47. The van der Waals surface area contributed by atoms with E-state index in [-0.39, 0.29) is 24.3 Å². The number of carbonyl (C=O) groups excluding carboxylic acids is 1. The molecule has 2 aliphatic rings. The third-order valence-electron chi connectivity index (χ3n) is 7.88. The van der Waals surface area contributed by atoms with Gasteiger partial charge in [0.2, 0.25) is 0 Å². The summed E-state index contributed by atoms with van der Waals surface area (Å²) in [4.78, 5) is 38.7. The van der Waals surface area contributed by atoms with E-state index in [4.69, 9.17) is 9.47 Å². The van der Waals surface area contributed by atoms with Crippen LogP contribution in [0, 0.1) is 24.1 Å². The average molecular weight is 570 g/mol. The maximum Gasteiger partial charge on any atom is 0.407 e. The van der Waals surface area contributed by atoms with Gasteiger partial charge in [-0.3, -0.25) is 4.79 Å². The van der Waals surface area contributed by atoms with Crippen molar-refractivity contribution in [1.82, 2.24) is 25.2 Å². The molecule has 3 atom stereocenters. The number of H-pyrrole nitrogens is 1. The van der Waals surface area contributed by atoms with Crippen molar-refractivity contribution in [2.24, 2.45) is 11.3 Å². The summed E-state index contributed by atoms with van der Waals surface area (Å²) in [5.74, 6) is -0.124. The van der Waals surface area contributed by atoms with Gasteiger partial charge in [-0.25, -0.2) is 19.2 Å². The quantitative estimate of drug-likeness (QED) is 0.332. The van der Waals surface area contributed by atoms with Crippen molar-refractivity contribution < 1.29 is 33.7 Å². The molecule has 1 aromatic carbocycles. The highest BCUT2D eigenvalue weighted by molar-refractivity contribution is 6.09. The van der Waals surface area contributed by atoms with Crippen molar-refractivity contribution in [1.29, 1.82) is 0 Å². The second-order valence-electron chi connectivity index (χ2n) is 12.0. The number of rotatable bonds is 7. The molecule has 12 heteroatoms. The molecule has 0 bridgehead atoms. The second kappa shape index (κ2) is 10.8. The van der Waals surface area contributed by atoms with Crippen LogP contribution in [0.1, 0.15) is 56.1 Å². The lowest BCUT2D eigenvalue weighted by molar-refractivity contribution is -0.0470. The van der Waals surface area contributed by atoms with Crippen LogP contribution in [0.15, 0.2) is 18.5 Å². The number of carboxylic acid groups (broad SMARTS) is 1. The Labute approximate surface area is 237 Å². The topological polar surface area (TPSA) is 150 Å². The number of ether oxygens (including phenoxy) is 2. The largest absolute Gasteiger partial charge is 0.494 e. The Hall–Kier alpha value is -3.93. The zero-order valence-corrected chi connectivity index (χ0v) is 23.8. The fourth-order valence-electron chi connectivity index (χ4n) is 5.68. The highest BCUT2D eigenvalue weighted by atomic mass is 19.1. The number of aliphatic hydroxyl groups excluding tert-OH is 1. The molecule has 220 valence electrons. The molecule has 4 N–H and O–H groups in total. The van der Waals surface area contributed by atoms with Crippen molar-refractivity contribution in [3.05, 3.63) is 35.5 Å². The maximum absolute atomic E-state index is 14.9. The number of methoxy groups -OCH3 is 1. The van der Waals surface area contributed by atoms with E-state index in [9.17, 15) is 24.2 Å². The van der Waals surface area contributed by atoms with E-state index in [1.807, 2.05) is 20.8 Å². The molecule has 1 saturated carbocycles. The monoisotopic (exact) mass is 569 g/mol. The standard InChI is InChI=1S/C29H36FN5O6/c1-14-21(27(37)34-18-8-9-35(28(38)39)26(25(18)36)29(2,3)4)23-24(33-14)22(31-13-32-23)16-10-17(30)20(40-5)11-19(16)41-12-15-6-7-15/h10-11,13,15,18,25-26,33,36H,6-9,12H2,1-5H3,(H,34,37)(H,38,39)/t18-,25-,26?/m1/s1. The molecular formula is C29H36FN5O6. The number of nitrogens with zero attached hydrogens (tertiary/aromatic N) is 3. The van der Waals surface area contributed by atoms with Crippen LogP contribution in [-0.2, 0) is 0 Å². The van der Waals surface area contributed by atoms with Crippen molar-refractivity contribution >= 4 is 23.0 Å². The van der Waals surface area contributed by atoms with Gasteiger partial charge in [-0.1, -0.05) is 20.8 Å². The number of halogens is 1. The molecular weight excluding hydrogens is 533 g/mol. The smallest absolute Gasteiger partial charge is 0.407 e. The van der Waals surface area contributed by atoms with Gasteiger partial charge in [0, 0.05) is 23.9 Å². The number of nitrogens with one attached hydrogen (secondary N) is 2. The van der Waals surface area contributed by atoms with E-state index in [2.05, 4.69) is 20.3 Å². The summed E-state index contributed by atoms with van der Waals surface area (Å²) in [6.07, 6.45) is 1.50. The Morgan fingerprint density at radius 2 is 1.93 bits per heavy atom. The van der Waals surface area contributed by atoms with Crippen LogP contribution in [-0.4, -0.2) is 80.5 Å². The first-order valence-corrected chi connectivity index (χ1v) is 13.7. The number of hydrogen-bond donors (Lipinski definition) is 4. The number of aliphatic hydroxyl groups is 1. The minimum absolute atomic E-state index is 0.0497. The van der Waals surface area contributed by atoms with E-state index in [0.29, 0.717) is 46.3 Å². The van der Waals surface area contributed by atoms with Crippen molar-refractivity contribution in [2.45, 2.75) is 65.1 Å². The van der Waals surface area contributed by atoms with Gasteiger partial charge < -0.3 is 34.9 Å². The zero-order chi connectivity index (χ0) is 29.6. The minimum Gasteiger partial charge on any atom is -0.494 e. The SMILES string of the molecule is COc1cc(OCC2CC2)c(-c2ncnc3c(C(=O)N[C@@H]4CCN(C(=O)O)C(C(C)(C)C)[C@@H]4O)c(C)[nH]c23)cc1F. The minimum atomic E-state index is -1.12. The Bertz CT molecular complexity index is 1480. The van der Waals surface area contributed by atoms with Gasteiger partial charge in [0.25, 0.3) is 5.91 Å². The second-order valence-corrected chi connectivity index (χ2v) is 12.0. The third kappa shape index (κ3) is 5.52. The van der Waals surface area contributed by atoms with E-state index >= 15 is 0 Å². The number of hydrogen-bond acceptors (Lipinski definition) is 7. The van der Waals surface area contributed by atoms with Gasteiger partial charge in [-0.05, 0) is 43.6 Å². The molecule has 1 aliphatic heterocycles. The van der Waals surface area contributed by atoms with Crippen molar-refractivity contribution in [3.63, 3.8) is 0 Å². The van der Waals surface area contributed by atoms with Gasteiger partial charge in [0.1, 0.15) is 23.3 Å². The predicted octanol–water partition coefficient (Wildman–Crippen LogP) is 4.13. The van der Waals surface area contributed by atoms with Crippen molar-refractivity contribution in [3.8, 4) is 22.8 Å². The Morgan fingerprint density at radius 1 is 1.20 bits per heavy atom. The van der Waals surface area contributed by atoms with E-state index in [1.54, 1.807) is 6.92 Å². The number of piperidine rings is 1. The summed E-state index contributed by atoms with van der Waals surface area (Å²) in [5, 5.41) is 23.8. The number of amides is 2. The molecule has 3 aromatic rings.